The van der Waals surface area contributed by atoms with E-state index in [0.29, 0.717) is 12.7 Å². The maximum absolute atomic E-state index is 13.0. The number of carboxylic acids is 1. The van der Waals surface area contributed by atoms with E-state index in [1.165, 1.54) is 26.0 Å². The predicted molar refractivity (Wildman–Crippen MR) is 133 cm³/mol. The van der Waals surface area contributed by atoms with Crippen LogP contribution in [0.5, 0.6) is 5.75 Å². The topological polar surface area (TPSA) is 191 Å². The van der Waals surface area contributed by atoms with Crippen molar-refractivity contribution in [1.82, 2.24) is 21.3 Å². The van der Waals surface area contributed by atoms with Crippen molar-refractivity contribution in [3.63, 3.8) is 0 Å². The molecule has 1 aromatic rings. The van der Waals surface area contributed by atoms with Crippen LogP contribution in [0.3, 0.4) is 0 Å². The number of phenols is 1. The smallest absolute Gasteiger partial charge is 0.303 e. The molecule has 0 aliphatic rings. The third-order valence-electron chi connectivity index (χ3n) is 5.51. The van der Waals surface area contributed by atoms with E-state index in [-0.39, 0.29) is 30.9 Å². The van der Waals surface area contributed by atoms with E-state index in [1.54, 1.807) is 26.0 Å². The fraction of sp³-hybridized carbons (Fsp3) is 0.520. The lowest BCUT2D eigenvalue weighted by molar-refractivity contribution is -0.137. The first kappa shape index (κ1) is 31.1. The van der Waals surface area contributed by atoms with Gasteiger partial charge in [-0.25, -0.2) is 0 Å². The summed E-state index contributed by atoms with van der Waals surface area (Å²) >= 11 is 0. The summed E-state index contributed by atoms with van der Waals surface area (Å²) < 4.78 is 0. The Balaban J connectivity index is 2.81. The highest BCUT2D eigenvalue weighted by molar-refractivity contribution is 5.94. The van der Waals surface area contributed by atoms with E-state index >= 15 is 0 Å². The Bertz CT molecular complexity index is 964. The number of amides is 4. The molecule has 0 saturated heterocycles. The number of hydrogen-bond donors (Lipinski definition) is 6. The molecule has 37 heavy (non-hydrogen) atoms. The van der Waals surface area contributed by atoms with Crippen LogP contribution in [0.25, 0.3) is 0 Å². The van der Waals surface area contributed by atoms with Gasteiger partial charge in [-0.15, -0.1) is 0 Å². The Morgan fingerprint density at radius 1 is 0.865 bits per heavy atom. The van der Waals surface area contributed by atoms with Gasteiger partial charge in [0, 0.05) is 13.3 Å². The lowest BCUT2D eigenvalue weighted by atomic mass is 10.0. The van der Waals surface area contributed by atoms with Crippen molar-refractivity contribution in [3.05, 3.63) is 29.8 Å². The summed E-state index contributed by atoms with van der Waals surface area (Å²) in [5, 5.41) is 28.2. The van der Waals surface area contributed by atoms with Crippen molar-refractivity contribution in [1.29, 1.82) is 0 Å². The zero-order valence-corrected chi connectivity index (χ0v) is 21.4. The second kappa shape index (κ2) is 15.2. The van der Waals surface area contributed by atoms with Crippen molar-refractivity contribution >= 4 is 35.9 Å². The number of carbonyl (C=O) groups is 6. The van der Waals surface area contributed by atoms with Crippen LogP contribution in [0, 0.1) is 5.92 Å². The Hall–Kier alpha value is -3.96. The van der Waals surface area contributed by atoms with Crippen LogP contribution in [-0.4, -0.2) is 70.3 Å². The summed E-state index contributed by atoms with van der Waals surface area (Å²) in [6, 6.07) is 2.39. The number of nitrogens with one attached hydrogen (secondary N) is 4. The van der Waals surface area contributed by atoms with Crippen molar-refractivity contribution < 1.29 is 39.0 Å². The number of benzene rings is 1. The number of aromatic hydroxyl groups is 1. The molecule has 0 fully saturated rings. The standard InChI is InChI=1S/C25H36N4O8/c1-14(2)22(25(37)26-15(3)23(35)28-18(13-30)8-12-21(33)34)29-24(36)20(27-16(4)31)11-7-17-5-9-19(32)10-6-17/h5-6,9-10,13-15,18,20,22,32H,7-8,11-12H2,1-4H3,(H,26,37)(H,27,31)(H,28,35)(H,29,36)(H,33,34)/t15-,18-,20-,22-/m0/s1. The van der Waals surface area contributed by atoms with E-state index < -0.39 is 53.8 Å². The van der Waals surface area contributed by atoms with E-state index in [4.69, 9.17) is 5.11 Å². The highest BCUT2D eigenvalue weighted by atomic mass is 16.4. The zero-order chi connectivity index (χ0) is 28.1. The van der Waals surface area contributed by atoms with Gasteiger partial charge in [-0.3, -0.25) is 24.0 Å². The summed E-state index contributed by atoms with van der Waals surface area (Å²) in [5.74, 6) is -3.69. The second-order valence-electron chi connectivity index (χ2n) is 9.10. The fourth-order valence-electron chi connectivity index (χ4n) is 3.41. The molecule has 0 saturated carbocycles. The molecule has 0 radical (unpaired) electrons. The van der Waals surface area contributed by atoms with Crippen LogP contribution >= 0.6 is 0 Å². The SMILES string of the molecule is CC(=O)N[C@@H](CCc1ccc(O)cc1)C(=O)N[C@H](C(=O)N[C@@H](C)C(=O)N[C@H](C=O)CCC(=O)O)C(C)C. The number of carboxylic acid groups (broad SMARTS) is 1. The number of hydrogen-bond acceptors (Lipinski definition) is 7. The number of rotatable bonds is 15. The summed E-state index contributed by atoms with van der Waals surface area (Å²) in [6.07, 6.45) is 0.685. The largest absolute Gasteiger partial charge is 0.508 e. The molecule has 12 nitrogen and oxygen atoms in total. The molecular formula is C25H36N4O8. The van der Waals surface area contributed by atoms with E-state index in [1.807, 2.05) is 0 Å². The molecular weight excluding hydrogens is 484 g/mol. The summed E-state index contributed by atoms with van der Waals surface area (Å²) in [7, 11) is 0. The average molecular weight is 521 g/mol. The number of aryl methyl sites for hydroxylation is 1. The van der Waals surface area contributed by atoms with Gasteiger partial charge in [0.05, 0.1) is 6.04 Å². The van der Waals surface area contributed by atoms with Gasteiger partial charge in [0.15, 0.2) is 0 Å². The van der Waals surface area contributed by atoms with Gasteiger partial charge in [-0.2, -0.15) is 0 Å². The zero-order valence-electron chi connectivity index (χ0n) is 21.4. The molecule has 1 aromatic carbocycles. The molecule has 0 spiro atoms. The predicted octanol–water partition coefficient (Wildman–Crippen LogP) is 0.0235. The molecule has 4 atom stereocenters. The molecule has 204 valence electrons. The highest BCUT2D eigenvalue weighted by Gasteiger charge is 2.30. The highest BCUT2D eigenvalue weighted by Crippen LogP contribution is 2.13. The van der Waals surface area contributed by atoms with Crippen LogP contribution in [0.15, 0.2) is 24.3 Å². The summed E-state index contributed by atoms with van der Waals surface area (Å²) in [6.45, 7) is 6.07. The van der Waals surface area contributed by atoms with Gasteiger partial charge in [0.1, 0.15) is 30.2 Å². The minimum atomic E-state index is -1.11. The van der Waals surface area contributed by atoms with Gasteiger partial charge in [-0.05, 0) is 49.8 Å². The number of aliphatic carboxylic acids is 1. The first-order chi connectivity index (χ1) is 17.3. The molecule has 6 N–H and O–H groups in total. The van der Waals surface area contributed by atoms with Gasteiger partial charge < -0.3 is 36.3 Å². The normalized spacial score (nSPS) is 14.0. The Morgan fingerprint density at radius 3 is 2.00 bits per heavy atom. The maximum Gasteiger partial charge on any atom is 0.303 e. The molecule has 0 aromatic heterocycles. The first-order valence-corrected chi connectivity index (χ1v) is 12.0. The minimum absolute atomic E-state index is 0.0927. The quantitative estimate of drug-likeness (QED) is 0.174. The third kappa shape index (κ3) is 11.5. The van der Waals surface area contributed by atoms with Gasteiger partial charge in [0.25, 0.3) is 0 Å². The number of phenolic OH excluding ortho intramolecular Hbond substituents is 1. The van der Waals surface area contributed by atoms with Crippen LogP contribution in [0.1, 0.15) is 52.5 Å². The third-order valence-corrected chi connectivity index (χ3v) is 5.51. The molecule has 12 heteroatoms. The monoisotopic (exact) mass is 520 g/mol. The van der Waals surface area contributed by atoms with E-state index in [9.17, 15) is 33.9 Å². The van der Waals surface area contributed by atoms with E-state index in [0.717, 1.165) is 5.56 Å². The lowest BCUT2D eigenvalue weighted by Gasteiger charge is -2.26. The van der Waals surface area contributed by atoms with Crippen LogP contribution < -0.4 is 21.3 Å². The second-order valence-corrected chi connectivity index (χ2v) is 9.10. The average Bonchev–Trinajstić information content (AvgIpc) is 2.82. The fourth-order valence-corrected chi connectivity index (χ4v) is 3.41. The van der Waals surface area contributed by atoms with Crippen LogP contribution in [-0.2, 0) is 35.2 Å². The molecule has 0 heterocycles. The molecule has 0 aliphatic carbocycles. The first-order valence-electron chi connectivity index (χ1n) is 12.0. The van der Waals surface area contributed by atoms with Crippen LogP contribution in [0.2, 0.25) is 0 Å². The van der Waals surface area contributed by atoms with Gasteiger partial charge in [-0.1, -0.05) is 26.0 Å². The van der Waals surface area contributed by atoms with Crippen molar-refractivity contribution in [2.45, 2.75) is 77.5 Å². The van der Waals surface area contributed by atoms with E-state index in [2.05, 4.69) is 21.3 Å². The Kier molecular flexibility index (Phi) is 12.8. The Morgan fingerprint density at radius 2 is 1.49 bits per heavy atom. The van der Waals surface area contributed by atoms with Gasteiger partial charge >= 0.3 is 5.97 Å². The molecule has 4 amide bonds. The van der Waals surface area contributed by atoms with Crippen LogP contribution in [0.4, 0.5) is 0 Å². The molecule has 0 aliphatic heterocycles. The molecule has 0 bridgehead atoms. The van der Waals surface area contributed by atoms with Crippen molar-refractivity contribution in [2.24, 2.45) is 5.92 Å². The number of aldehydes is 1. The molecule has 1 rings (SSSR count). The maximum atomic E-state index is 13.0. The van der Waals surface area contributed by atoms with Crippen molar-refractivity contribution in [2.75, 3.05) is 0 Å². The Labute approximate surface area is 215 Å². The number of carbonyl (C=O) groups excluding carboxylic acids is 5. The molecule has 0 unspecified atom stereocenters. The summed E-state index contributed by atoms with van der Waals surface area (Å²) in [5.41, 5.74) is 0.843. The van der Waals surface area contributed by atoms with Gasteiger partial charge in [0.2, 0.25) is 23.6 Å². The van der Waals surface area contributed by atoms with Crippen molar-refractivity contribution in [3.8, 4) is 5.75 Å². The summed E-state index contributed by atoms with van der Waals surface area (Å²) in [4.78, 5) is 71.8. The lowest BCUT2D eigenvalue weighted by Crippen LogP contribution is -2.58. The minimum Gasteiger partial charge on any atom is -0.508 e.